The van der Waals surface area contributed by atoms with Crippen molar-refractivity contribution in [3.05, 3.63) is 65.4 Å². The van der Waals surface area contributed by atoms with Crippen molar-refractivity contribution in [2.45, 2.75) is 45.5 Å². The highest BCUT2D eigenvalue weighted by atomic mass is 35.5. The van der Waals surface area contributed by atoms with Crippen LogP contribution in [-0.4, -0.2) is 27.8 Å². The van der Waals surface area contributed by atoms with E-state index in [-0.39, 0.29) is 5.04 Å². The molecule has 0 fully saturated rings. The van der Waals surface area contributed by atoms with E-state index in [0.29, 0.717) is 29.0 Å². The second-order valence-corrected chi connectivity index (χ2v) is 14.6. The molecule has 4 rings (SSSR count). The zero-order valence-corrected chi connectivity index (χ0v) is 20.8. The van der Waals surface area contributed by atoms with Crippen molar-refractivity contribution in [3.63, 3.8) is 0 Å². The number of hydrogen-bond donors (Lipinski definition) is 1. The van der Waals surface area contributed by atoms with Crippen LogP contribution in [0.2, 0.25) is 23.3 Å². The zero-order valence-electron chi connectivity index (χ0n) is 19.1. The summed E-state index contributed by atoms with van der Waals surface area (Å²) in [7, 11) is -1.82. The summed E-state index contributed by atoms with van der Waals surface area (Å²) in [5, 5.41) is 0.579. The molecule has 32 heavy (non-hydrogen) atoms. The van der Waals surface area contributed by atoms with E-state index >= 15 is 0 Å². The Bertz CT molecular complexity index is 1260. The monoisotopic (exact) mass is 465 g/mol. The van der Waals surface area contributed by atoms with Gasteiger partial charge in [0.15, 0.2) is 19.8 Å². The summed E-state index contributed by atoms with van der Waals surface area (Å²) in [5.74, 6) is 1.08. The van der Waals surface area contributed by atoms with Crippen molar-refractivity contribution in [3.8, 4) is 17.1 Å². The van der Waals surface area contributed by atoms with Crippen molar-refractivity contribution in [1.82, 2.24) is 19.5 Å². The summed E-state index contributed by atoms with van der Waals surface area (Å²) < 4.78 is 8.34. The van der Waals surface area contributed by atoms with E-state index in [9.17, 15) is 0 Å². The molecule has 3 aromatic heterocycles. The van der Waals surface area contributed by atoms with Gasteiger partial charge in [-0.25, -0.2) is 15.0 Å². The average Bonchev–Trinajstić information content (AvgIpc) is 3.10. The van der Waals surface area contributed by atoms with Gasteiger partial charge in [-0.3, -0.25) is 4.57 Å². The molecule has 0 aliphatic heterocycles. The molecule has 0 bridgehead atoms. The molecule has 0 radical (unpaired) electrons. The minimum Gasteiger partial charge on any atom is -0.413 e. The number of imidazole rings is 1. The lowest BCUT2D eigenvalue weighted by atomic mass is 10.2. The Morgan fingerprint density at radius 2 is 1.75 bits per heavy atom. The van der Waals surface area contributed by atoms with Crippen LogP contribution >= 0.6 is 11.6 Å². The van der Waals surface area contributed by atoms with Crippen LogP contribution in [0.15, 0.2) is 54.7 Å². The van der Waals surface area contributed by atoms with Gasteiger partial charge in [0.25, 0.3) is 0 Å². The largest absolute Gasteiger partial charge is 0.413 e. The average molecular weight is 466 g/mol. The second-order valence-electron chi connectivity index (χ2n) is 9.40. The van der Waals surface area contributed by atoms with E-state index in [1.165, 1.54) is 0 Å². The van der Waals surface area contributed by atoms with Gasteiger partial charge in [0, 0.05) is 11.9 Å². The van der Waals surface area contributed by atoms with Crippen molar-refractivity contribution in [2.24, 2.45) is 0 Å². The Morgan fingerprint density at radius 1 is 1.03 bits per heavy atom. The number of aromatic nitrogens is 4. The lowest BCUT2D eigenvalue weighted by Crippen LogP contribution is -2.40. The molecule has 0 atom stereocenters. The lowest BCUT2D eigenvalue weighted by molar-refractivity contribution is 0.276. The molecule has 6 nitrogen and oxygen atoms in total. The minimum absolute atomic E-state index is 0.173. The number of hydrogen-bond acceptors (Lipinski definition) is 5. The van der Waals surface area contributed by atoms with Crippen LogP contribution in [0.3, 0.4) is 0 Å². The van der Waals surface area contributed by atoms with Gasteiger partial charge in [0.2, 0.25) is 0 Å². The van der Waals surface area contributed by atoms with Crippen LogP contribution < -0.4 is 5.73 Å². The SMILES string of the molecule is CC(C)(C)[Si](C)(C)OCc1ccc(-n2c(-c3cccnc3N)nc3ccc(Cl)nc32)cc1. The molecule has 3 heterocycles. The predicted molar refractivity (Wildman–Crippen MR) is 134 cm³/mol. The summed E-state index contributed by atoms with van der Waals surface area (Å²) in [4.78, 5) is 13.5. The normalized spacial score (nSPS) is 12.4. The number of benzene rings is 1. The summed E-state index contributed by atoms with van der Waals surface area (Å²) in [5.41, 5.74) is 10.3. The van der Waals surface area contributed by atoms with Crippen molar-refractivity contribution in [1.29, 1.82) is 0 Å². The maximum absolute atomic E-state index is 6.37. The third-order valence-corrected chi connectivity index (χ3v) is 10.8. The molecule has 166 valence electrons. The Morgan fingerprint density at radius 3 is 2.41 bits per heavy atom. The number of nitrogen functional groups attached to an aromatic ring is 1. The molecular formula is C24H28ClN5OSi. The van der Waals surface area contributed by atoms with Crippen LogP contribution in [0.25, 0.3) is 28.2 Å². The van der Waals surface area contributed by atoms with Gasteiger partial charge in [0.05, 0.1) is 12.2 Å². The van der Waals surface area contributed by atoms with Crippen molar-refractivity contribution < 1.29 is 4.43 Å². The molecule has 4 aromatic rings. The number of nitrogens with two attached hydrogens (primary N) is 1. The smallest absolute Gasteiger partial charge is 0.192 e. The zero-order chi connectivity index (χ0) is 23.1. The van der Waals surface area contributed by atoms with Crippen molar-refractivity contribution in [2.75, 3.05) is 5.73 Å². The molecule has 0 saturated heterocycles. The Balaban J connectivity index is 1.74. The lowest BCUT2D eigenvalue weighted by Gasteiger charge is -2.36. The van der Waals surface area contributed by atoms with Gasteiger partial charge < -0.3 is 10.2 Å². The molecule has 2 N–H and O–H groups in total. The maximum Gasteiger partial charge on any atom is 0.192 e. The molecule has 8 heteroatoms. The first-order chi connectivity index (χ1) is 15.1. The van der Waals surface area contributed by atoms with Gasteiger partial charge in [-0.15, -0.1) is 0 Å². The molecular weight excluding hydrogens is 438 g/mol. The highest BCUT2D eigenvalue weighted by molar-refractivity contribution is 6.74. The van der Waals surface area contributed by atoms with E-state index in [2.05, 4.69) is 56.0 Å². The number of anilines is 1. The predicted octanol–water partition coefficient (Wildman–Crippen LogP) is 6.24. The fraction of sp³-hybridized carbons (Fsp3) is 0.292. The van der Waals surface area contributed by atoms with Crippen LogP contribution in [0.1, 0.15) is 26.3 Å². The number of fused-ring (bicyclic) bond motifs is 1. The standard InChI is InChI=1S/C24H28ClN5OSi/c1-24(2,3)32(4,5)31-15-16-8-10-17(11-9-16)30-22(18-7-6-14-27-21(18)26)28-19-12-13-20(25)29-23(19)30/h6-14H,15H2,1-5H3,(H2,26,27). The van der Waals surface area contributed by atoms with Gasteiger partial charge in [0.1, 0.15) is 16.5 Å². The van der Waals surface area contributed by atoms with Gasteiger partial charge >= 0.3 is 0 Å². The maximum atomic E-state index is 6.37. The highest BCUT2D eigenvalue weighted by Gasteiger charge is 2.37. The second kappa shape index (κ2) is 8.31. The molecule has 0 saturated carbocycles. The summed E-state index contributed by atoms with van der Waals surface area (Å²) >= 11 is 6.21. The molecule has 1 aromatic carbocycles. The topological polar surface area (TPSA) is 78.9 Å². The third kappa shape index (κ3) is 4.28. The van der Waals surface area contributed by atoms with Crippen LogP contribution in [0.4, 0.5) is 5.82 Å². The molecule has 0 amide bonds. The van der Waals surface area contributed by atoms with Crippen LogP contribution in [0.5, 0.6) is 0 Å². The molecule has 0 aliphatic carbocycles. The summed E-state index contributed by atoms with van der Waals surface area (Å²) in [6, 6.07) is 15.6. The van der Waals surface area contributed by atoms with E-state index in [1.54, 1.807) is 12.3 Å². The van der Waals surface area contributed by atoms with E-state index in [4.69, 9.17) is 26.7 Å². The third-order valence-electron chi connectivity index (χ3n) is 6.15. The number of pyridine rings is 2. The van der Waals surface area contributed by atoms with Gasteiger partial charge in [-0.1, -0.05) is 44.5 Å². The van der Waals surface area contributed by atoms with E-state index in [0.717, 1.165) is 22.3 Å². The quantitative estimate of drug-likeness (QED) is 0.278. The molecule has 0 unspecified atom stereocenters. The fourth-order valence-electron chi connectivity index (χ4n) is 3.19. The van der Waals surface area contributed by atoms with Gasteiger partial charge in [-0.2, -0.15) is 0 Å². The van der Waals surface area contributed by atoms with Crippen molar-refractivity contribution >= 4 is 36.9 Å². The van der Waals surface area contributed by atoms with Crippen LogP contribution in [0, 0.1) is 0 Å². The summed E-state index contributed by atoms with van der Waals surface area (Å²) in [6.45, 7) is 11.9. The highest BCUT2D eigenvalue weighted by Crippen LogP contribution is 2.37. The minimum atomic E-state index is -1.82. The first kappa shape index (κ1) is 22.5. The van der Waals surface area contributed by atoms with Crippen LogP contribution in [-0.2, 0) is 11.0 Å². The first-order valence-corrected chi connectivity index (χ1v) is 13.8. The van der Waals surface area contributed by atoms with E-state index in [1.807, 2.05) is 34.9 Å². The number of nitrogens with zero attached hydrogens (tertiary/aromatic N) is 4. The van der Waals surface area contributed by atoms with E-state index < -0.39 is 8.32 Å². The Labute approximate surface area is 194 Å². The fourth-order valence-corrected chi connectivity index (χ4v) is 4.29. The molecule has 0 spiro atoms. The Hall–Kier alpha value is -2.74. The number of rotatable bonds is 5. The summed E-state index contributed by atoms with van der Waals surface area (Å²) in [6.07, 6.45) is 1.66. The molecule has 0 aliphatic rings. The first-order valence-electron chi connectivity index (χ1n) is 10.6. The van der Waals surface area contributed by atoms with Gasteiger partial charge in [-0.05, 0) is 60.1 Å². The number of halogens is 1. The Kier molecular flexibility index (Phi) is 5.83.